The Morgan fingerprint density at radius 3 is 2.39 bits per heavy atom. The summed E-state index contributed by atoms with van der Waals surface area (Å²) in [5.41, 5.74) is -0.113. The molecule has 5 nitrogen and oxygen atoms in total. The van der Waals surface area contributed by atoms with Crippen molar-refractivity contribution in [1.82, 2.24) is 0 Å². The van der Waals surface area contributed by atoms with Crippen LogP contribution in [0, 0.1) is 0 Å². The van der Waals surface area contributed by atoms with Crippen LogP contribution in [0.4, 0.5) is 10.5 Å². The molecule has 2 N–H and O–H groups in total. The Balaban J connectivity index is 2.21. The molecular formula is C18H25NO4. The van der Waals surface area contributed by atoms with Crippen LogP contribution in [-0.2, 0) is 14.9 Å². The predicted octanol–water partition coefficient (Wildman–Crippen LogP) is 4.32. The molecule has 1 aliphatic carbocycles. The number of ether oxygens (including phenoxy) is 1. The number of carbonyl (C=O) groups is 2. The second-order valence-corrected chi connectivity index (χ2v) is 7.16. The summed E-state index contributed by atoms with van der Waals surface area (Å²) in [6.07, 6.45) is 3.63. The van der Waals surface area contributed by atoms with Crippen LogP contribution in [0.2, 0.25) is 0 Å². The molecule has 1 saturated carbocycles. The molecule has 0 radical (unpaired) electrons. The number of hydrogen-bond donors (Lipinski definition) is 2. The van der Waals surface area contributed by atoms with E-state index in [1.165, 1.54) is 0 Å². The van der Waals surface area contributed by atoms with E-state index in [1.807, 2.05) is 6.07 Å². The fourth-order valence-electron chi connectivity index (χ4n) is 3.10. The number of benzene rings is 1. The van der Waals surface area contributed by atoms with E-state index < -0.39 is 23.1 Å². The number of anilines is 1. The molecule has 1 aliphatic rings. The highest BCUT2D eigenvalue weighted by Gasteiger charge is 2.41. The van der Waals surface area contributed by atoms with Crippen molar-refractivity contribution in [2.45, 2.75) is 63.9 Å². The molecule has 0 aromatic heterocycles. The molecule has 1 fully saturated rings. The minimum absolute atomic E-state index is 0.539. The van der Waals surface area contributed by atoms with Crippen LogP contribution in [-0.4, -0.2) is 22.8 Å². The quantitative estimate of drug-likeness (QED) is 0.870. The molecule has 0 saturated heterocycles. The maximum Gasteiger partial charge on any atom is 0.412 e. The van der Waals surface area contributed by atoms with Gasteiger partial charge in [-0.1, -0.05) is 31.4 Å². The Bertz CT molecular complexity index is 583. The highest BCUT2D eigenvalue weighted by atomic mass is 16.6. The Labute approximate surface area is 137 Å². The number of carboxylic acid groups (broad SMARTS) is 1. The number of nitrogens with one attached hydrogen (secondary N) is 1. The van der Waals surface area contributed by atoms with E-state index in [0.29, 0.717) is 18.5 Å². The monoisotopic (exact) mass is 319 g/mol. The first-order chi connectivity index (χ1) is 10.7. The highest BCUT2D eigenvalue weighted by molar-refractivity contribution is 5.86. The smallest absolute Gasteiger partial charge is 0.412 e. The Hall–Kier alpha value is -2.04. The van der Waals surface area contributed by atoms with Crippen molar-refractivity contribution in [2.24, 2.45) is 0 Å². The molecule has 5 heteroatoms. The zero-order chi connectivity index (χ0) is 17.1. The van der Waals surface area contributed by atoms with Gasteiger partial charge in [0.1, 0.15) is 5.60 Å². The van der Waals surface area contributed by atoms with Crippen LogP contribution in [0.1, 0.15) is 58.4 Å². The summed E-state index contributed by atoms with van der Waals surface area (Å²) >= 11 is 0. The van der Waals surface area contributed by atoms with Crippen molar-refractivity contribution < 1.29 is 19.4 Å². The molecule has 0 spiro atoms. The summed E-state index contributed by atoms with van der Waals surface area (Å²) < 4.78 is 5.23. The van der Waals surface area contributed by atoms with E-state index in [-0.39, 0.29) is 0 Å². The van der Waals surface area contributed by atoms with E-state index in [2.05, 4.69) is 5.32 Å². The third kappa shape index (κ3) is 4.24. The van der Waals surface area contributed by atoms with Crippen LogP contribution >= 0.6 is 0 Å². The molecule has 0 heterocycles. The van der Waals surface area contributed by atoms with Gasteiger partial charge in [-0.25, -0.2) is 4.79 Å². The SMILES string of the molecule is CC(C)(C)OC(=O)Nc1cccc(C2(C(=O)O)CCCCC2)c1. The zero-order valence-electron chi connectivity index (χ0n) is 14.0. The molecule has 1 aromatic rings. The Kier molecular flexibility index (Phi) is 4.97. The summed E-state index contributed by atoms with van der Waals surface area (Å²) in [5.74, 6) is -0.786. The average molecular weight is 319 g/mol. The van der Waals surface area contributed by atoms with E-state index in [9.17, 15) is 14.7 Å². The molecule has 0 atom stereocenters. The van der Waals surface area contributed by atoms with Crippen molar-refractivity contribution in [3.8, 4) is 0 Å². The fourth-order valence-corrected chi connectivity index (χ4v) is 3.10. The summed E-state index contributed by atoms with van der Waals surface area (Å²) in [6.45, 7) is 5.39. The van der Waals surface area contributed by atoms with Gasteiger partial charge in [-0.2, -0.15) is 0 Å². The van der Waals surface area contributed by atoms with Gasteiger partial charge in [0, 0.05) is 5.69 Å². The van der Waals surface area contributed by atoms with E-state index in [1.54, 1.807) is 39.0 Å². The van der Waals surface area contributed by atoms with Gasteiger partial charge in [0.05, 0.1) is 5.41 Å². The lowest BCUT2D eigenvalue weighted by Crippen LogP contribution is -2.37. The van der Waals surface area contributed by atoms with Crippen molar-refractivity contribution in [3.63, 3.8) is 0 Å². The summed E-state index contributed by atoms with van der Waals surface area (Å²) in [7, 11) is 0. The first-order valence-electron chi connectivity index (χ1n) is 8.07. The van der Waals surface area contributed by atoms with E-state index in [4.69, 9.17) is 4.74 Å². The molecule has 23 heavy (non-hydrogen) atoms. The van der Waals surface area contributed by atoms with Gasteiger partial charge >= 0.3 is 12.1 Å². The lowest BCUT2D eigenvalue weighted by molar-refractivity contribution is -0.145. The molecule has 0 unspecified atom stereocenters. The molecule has 0 aliphatic heterocycles. The third-order valence-electron chi connectivity index (χ3n) is 4.18. The van der Waals surface area contributed by atoms with Crippen LogP contribution < -0.4 is 5.32 Å². The van der Waals surface area contributed by atoms with Gasteiger partial charge in [0.2, 0.25) is 0 Å². The molecule has 126 valence electrons. The third-order valence-corrected chi connectivity index (χ3v) is 4.18. The van der Waals surface area contributed by atoms with E-state index in [0.717, 1.165) is 24.8 Å². The van der Waals surface area contributed by atoms with Crippen LogP contribution in [0.3, 0.4) is 0 Å². The van der Waals surface area contributed by atoms with Gasteiger partial charge in [-0.05, 0) is 51.3 Å². The second-order valence-electron chi connectivity index (χ2n) is 7.16. The predicted molar refractivity (Wildman–Crippen MR) is 88.7 cm³/mol. The molecule has 2 rings (SSSR count). The maximum atomic E-state index is 11.9. The topological polar surface area (TPSA) is 75.6 Å². The van der Waals surface area contributed by atoms with Gasteiger partial charge in [-0.3, -0.25) is 10.1 Å². The largest absolute Gasteiger partial charge is 0.481 e. The first-order valence-corrected chi connectivity index (χ1v) is 8.07. The number of amides is 1. The number of hydrogen-bond acceptors (Lipinski definition) is 3. The average Bonchev–Trinajstić information content (AvgIpc) is 2.46. The first kappa shape index (κ1) is 17.3. The second kappa shape index (κ2) is 6.60. The van der Waals surface area contributed by atoms with Crippen LogP contribution in [0.5, 0.6) is 0 Å². The Morgan fingerprint density at radius 1 is 1.17 bits per heavy atom. The number of aliphatic carboxylic acids is 1. The molecular weight excluding hydrogens is 294 g/mol. The van der Waals surface area contributed by atoms with Crippen molar-refractivity contribution >= 4 is 17.7 Å². The number of carbonyl (C=O) groups excluding carboxylic acids is 1. The van der Waals surface area contributed by atoms with Gasteiger partial charge in [0.15, 0.2) is 0 Å². The van der Waals surface area contributed by atoms with E-state index >= 15 is 0 Å². The lowest BCUT2D eigenvalue weighted by Gasteiger charge is -2.33. The van der Waals surface area contributed by atoms with Gasteiger partial charge < -0.3 is 9.84 Å². The minimum Gasteiger partial charge on any atom is -0.481 e. The van der Waals surface area contributed by atoms with Gasteiger partial charge in [-0.15, -0.1) is 0 Å². The van der Waals surface area contributed by atoms with Crippen LogP contribution in [0.25, 0.3) is 0 Å². The molecule has 1 aromatic carbocycles. The highest BCUT2D eigenvalue weighted by Crippen LogP contribution is 2.40. The normalized spacial score (nSPS) is 17.3. The van der Waals surface area contributed by atoms with Gasteiger partial charge in [0.25, 0.3) is 0 Å². The molecule has 1 amide bonds. The number of carboxylic acids is 1. The molecule has 0 bridgehead atoms. The van der Waals surface area contributed by atoms with Crippen molar-refractivity contribution in [1.29, 1.82) is 0 Å². The Morgan fingerprint density at radius 2 is 1.83 bits per heavy atom. The maximum absolute atomic E-state index is 11.9. The van der Waals surface area contributed by atoms with Crippen molar-refractivity contribution in [2.75, 3.05) is 5.32 Å². The summed E-state index contributed by atoms with van der Waals surface area (Å²) in [4.78, 5) is 23.8. The lowest BCUT2D eigenvalue weighted by atomic mass is 9.69. The fraction of sp³-hybridized carbons (Fsp3) is 0.556. The standard InChI is InChI=1S/C18H25NO4/c1-17(2,3)23-16(22)19-14-9-7-8-13(12-14)18(15(20)21)10-5-4-6-11-18/h7-9,12H,4-6,10-11H2,1-3H3,(H,19,22)(H,20,21). The number of rotatable bonds is 3. The minimum atomic E-state index is -0.843. The van der Waals surface area contributed by atoms with Crippen LogP contribution in [0.15, 0.2) is 24.3 Å². The summed E-state index contributed by atoms with van der Waals surface area (Å²) in [5, 5.41) is 12.4. The zero-order valence-corrected chi connectivity index (χ0v) is 14.0. The summed E-state index contributed by atoms with van der Waals surface area (Å²) in [6, 6.07) is 7.11. The van der Waals surface area contributed by atoms with Crippen molar-refractivity contribution in [3.05, 3.63) is 29.8 Å².